The second kappa shape index (κ2) is 4.74. The summed E-state index contributed by atoms with van der Waals surface area (Å²) in [4.78, 5) is 0. The van der Waals surface area contributed by atoms with Gasteiger partial charge in [0.1, 0.15) is 11.6 Å². The number of rotatable bonds is 2. The lowest BCUT2D eigenvalue weighted by molar-refractivity contribution is 0.0987. The van der Waals surface area contributed by atoms with Crippen LogP contribution in [-0.2, 0) is 0 Å². The van der Waals surface area contributed by atoms with Crippen LogP contribution in [0.4, 0.5) is 8.78 Å². The SMILES string of the molecule is OC(c1ccc(F)cc1F)C1CC=CCC1. The fraction of sp³-hybridized carbons (Fsp3) is 0.385. The van der Waals surface area contributed by atoms with E-state index in [4.69, 9.17) is 0 Å². The van der Waals surface area contributed by atoms with Gasteiger partial charge >= 0.3 is 0 Å². The van der Waals surface area contributed by atoms with Crippen molar-refractivity contribution in [2.24, 2.45) is 5.92 Å². The molecule has 2 atom stereocenters. The molecule has 1 nitrogen and oxygen atoms in total. The van der Waals surface area contributed by atoms with Crippen molar-refractivity contribution in [3.63, 3.8) is 0 Å². The molecular weight excluding hydrogens is 210 g/mol. The first-order chi connectivity index (χ1) is 7.68. The molecule has 0 fully saturated rings. The first-order valence-corrected chi connectivity index (χ1v) is 5.46. The summed E-state index contributed by atoms with van der Waals surface area (Å²) in [6.07, 6.45) is 5.71. The van der Waals surface area contributed by atoms with Crippen molar-refractivity contribution in [3.8, 4) is 0 Å². The van der Waals surface area contributed by atoms with Gasteiger partial charge in [-0.05, 0) is 31.2 Å². The molecule has 0 saturated heterocycles. The minimum Gasteiger partial charge on any atom is -0.388 e. The van der Waals surface area contributed by atoms with Crippen molar-refractivity contribution >= 4 is 0 Å². The van der Waals surface area contributed by atoms with Gasteiger partial charge in [-0.1, -0.05) is 18.2 Å². The van der Waals surface area contributed by atoms with Crippen molar-refractivity contribution in [1.82, 2.24) is 0 Å². The molecule has 1 aromatic rings. The fourth-order valence-electron chi connectivity index (χ4n) is 2.10. The molecule has 0 bridgehead atoms. The van der Waals surface area contributed by atoms with Gasteiger partial charge in [0.25, 0.3) is 0 Å². The van der Waals surface area contributed by atoms with Crippen molar-refractivity contribution in [2.75, 3.05) is 0 Å². The van der Waals surface area contributed by atoms with Gasteiger partial charge in [-0.2, -0.15) is 0 Å². The van der Waals surface area contributed by atoms with E-state index < -0.39 is 17.7 Å². The Morgan fingerprint density at radius 2 is 2.06 bits per heavy atom. The zero-order valence-corrected chi connectivity index (χ0v) is 8.87. The van der Waals surface area contributed by atoms with Crippen molar-refractivity contribution in [2.45, 2.75) is 25.4 Å². The van der Waals surface area contributed by atoms with Gasteiger partial charge in [0, 0.05) is 11.6 Å². The Balaban J connectivity index is 2.19. The van der Waals surface area contributed by atoms with E-state index in [0.29, 0.717) is 0 Å². The van der Waals surface area contributed by atoms with Crippen LogP contribution < -0.4 is 0 Å². The maximum absolute atomic E-state index is 13.4. The first-order valence-electron chi connectivity index (χ1n) is 5.46. The van der Waals surface area contributed by atoms with Crippen LogP contribution in [-0.4, -0.2) is 5.11 Å². The predicted octanol–water partition coefficient (Wildman–Crippen LogP) is 3.35. The van der Waals surface area contributed by atoms with E-state index in [1.807, 2.05) is 6.08 Å². The third kappa shape index (κ3) is 2.30. The van der Waals surface area contributed by atoms with Crippen LogP contribution in [0.5, 0.6) is 0 Å². The average Bonchev–Trinajstić information content (AvgIpc) is 2.29. The molecule has 2 rings (SSSR count). The molecule has 0 spiro atoms. The Labute approximate surface area is 93.4 Å². The topological polar surface area (TPSA) is 20.2 Å². The monoisotopic (exact) mass is 224 g/mol. The van der Waals surface area contributed by atoms with Gasteiger partial charge < -0.3 is 5.11 Å². The summed E-state index contributed by atoms with van der Waals surface area (Å²) in [7, 11) is 0. The number of hydrogen-bond donors (Lipinski definition) is 1. The molecular formula is C13H14F2O. The molecule has 86 valence electrons. The largest absolute Gasteiger partial charge is 0.388 e. The average molecular weight is 224 g/mol. The van der Waals surface area contributed by atoms with E-state index in [-0.39, 0.29) is 11.5 Å². The number of aliphatic hydroxyl groups is 1. The van der Waals surface area contributed by atoms with Crippen molar-refractivity contribution in [3.05, 3.63) is 47.5 Å². The Morgan fingerprint density at radius 1 is 1.25 bits per heavy atom. The summed E-state index contributed by atoms with van der Waals surface area (Å²) in [5, 5.41) is 10.0. The molecule has 16 heavy (non-hydrogen) atoms. The highest BCUT2D eigenvalue weighted by Crippen LogP contribution is 2.32. The van der Waals surface area contributed by atoms with Crippen LogP contribution in [0, 0.1) is 17.6 Å². The molecule has 3 heteroatoms. The molecule has 0 aliphatic heterocycles. The van der Waals surface area contributed by atoms with Gasteiger partial charge in [0.05, 0.1) is 6.10 Å². The smallest absolute Gasteiger partial charge is 0.131 e. The molecule has 0 radical (unpaired) electrons. The third-order valence-electron chi connectivity index (χ3n) is 3.04. The summed E-state index contributed by atoms with van der Waals surface area (Å²) in [5.41, 5.74) is 0.196. The number of aliphatic hydroxyl groups excluding tert-OH is 1. The molecule has 0 heterocycles. The molecule has 0 saturated carbocycles. The van der Waals surface area contributed by atoms with Gasteiger partial charge in [-0.25, -0.2) is 8.78 Å². The summed E-state index contributed by atoms with van der Waals surface area (Å²) in [5.74, 6) is -1.25. The van der Waals surface area contributed by atoms with E-state index in [2.05, 4.69) is 6.08 Å². The van der Waals surface area contributed by atoms with Crippen molar-refractivity contribution < 1.29 is 13.9 Å². The van der Waals surface area contributed by atoms with E-state index in [1.54, 1.807) is 0 Å². The standard InChI is InChI=1S/C13H14F2O/c14-10-6-7-11(12(15)8-10)13(16)9-4-2-1-3-5-9/h1-2,6-9,13,16H,3-5H2. The van der Waals surface area contributed by atoms with Crippen LogP contribution in [0.3, 0.4) is 0 Å². The molecule has 1 aromatic carbocycles. The second-order valence-corrected chi connectivity index (χ2v) is 4.16. The zero-order chi connectivity index (χ0) is 11.5. The van der Waals surface area contributed by atoms with Gasteiger partial charge in [-0.15, -0.1) is 0 Å². The van der Waals surface area contributed by atoms with Crippen LogP contribution in [0.1, 0.15) is 30.9 Å². The summed E-state index contributed by atoms with van der Waals surface area (Å²) < 4.78 is 26.2. The van der Waals surface area contributed by atoms with Crippen LogP contribution in [0.25, 0.3) is 0 Å². The summed E-state index contributed by atoms with van der Waals surface area (Å²) in [6.45, 7) is 0. The highest BCUT2D eigenvalue weighted by Gasteiger charge is 2.23. The molecule has 1 N–H and O–H groups in total. The van der Waals surface area contributed by atoms with E-state index in [9.17, 15) is 13.9 Å². The Morgan fingerprint density at radius 3 is 2.69 bits per heavy atom. The van der Waals surface area contributed by atoms with Crippen LogP contribution in [0.2, 0.25) is 0 Å². The van der Waals surface area contributed by atoms with Crippen LogP contribution >= 0.6 is 0 Å². The zero-order valence-electron chi connectivity index (χ0n) is 8.87. The third-order valence-corrected chi connectivity index (χ3v) is 3.04. The fourth-order valence-corrected chi connectivity index (χ4v) is 2.10. The van der Waals surface area contributed by atoms with E-state index in [1.165, 1.54) is 12.1 Å². The molecule has 1 aliphatic rings. The van der Waals surface area contributed by atoms with Gasteiger partial charge in [-0.3, -0.25) is 0 Å². The van der Waals surface area contributed by atoms with E-state index in [0.717, 1.165) is 25.3 Å². The molecule has 2 unspecified atom stereocenters. The van der Waals surface area contributed by atoms with Gasteiger partial charge in [0.2, 0.25) is 0 Å². The van der Waals surface area contributed by atoms with Gasteiger partial charge in [0.15, 0.2) is 0 Å². The summed E-state index contributed by atoms with van der Waals surface area (Å²) in [6, 6.07) is 3.32. The maximum Gasteiger partial charge on any atom is 0.131 e. The lowest BCUT2D eigenvalue weighted by Crippen LogP contribution is -2.15. The molecule has 0 amide bonds. The molecule has 0 aromatic heterocycles. The number of allylic oxidation sites excluding steroid dienone is 2. The highest BCUT2D eigenvalue weighted by molar-refractivity contribution is 5.22. The Hall–Kier alpha value is -1.22. The van der Waals surface area contributed by atoms with E-state index >= 15 is 0 Å². The van der Waals surface area contributed by atoms with Crippen molar-refractivity contribution in [1.29, 1.82) is 0 Å². The first kappa shape index (κ1) is 11.3. The lowest BCUT2D eigenvalue weighted by Gasteiger charge is -2.24. The minimum atomic E-state index is -0.842. The Kier molecular flexibility index (Phi) is 3.34. The summed E-state index contributed by atoms with van der Waals surface area (Å²) >= 11 is 0. The maximum atomic E-state index is 13.4. The number of hydrogen-bond acceptors (Lipinski definition) is 1. The lowest BCUT2D eigenvalue weighted by atomic mass is 9.86. The molecule has 1 aliphatic carbocycles. The number of benzene rings is 1. The highest BCUT2D eigenvalue weighted by atomic mass is 19.1. The predicted molar refractivity (Wildman–Crippen MR) is 57.8 cm³/mol. The number of halogens is 2. The Bertz CT molecular complexity index is 401. The minimum absolute atomic E-state index is 0.0324. The van der Waals surface area contributed by atoms with Crippen LogP contribution in [0.15, 0.2) is 30.4 Å². The second-order valence-electron chi connectivity index (χ2n) is 4.16. The quantitative estimate of drug-likeness (QED) is 0.764. The normalized spacial score (nSPS) is 22.1.